The summed E-state index contributed by atoms with van der Waals surface area (Å²) in [5.74, 6) is -1.15. The first kappa shape index (κ1) is 16.0. The molecule has 0 aliphatic carbocycles. The molecule has 0 spiro atoms. The number of rotatable bonds is 3. The summed E-state index contributed by atoms with van der Waals surface area (Å²) >= 11 is 1.09. The van der Waals surface area contributed by atoms with Crippen molar-refractivity contribution in [1.82, 2.24) is 14.9 Å². The fourth-order valence-corrected chi connectivity index (χ4v) is 2.66. The molecule has 0 aliphatic heterocycles. The first-order valence-electron chi connectivity index (χ1n) is 6.42. The highest BCUT2D eigenvalue weighted by atomic mass is 32.1. The van der Waals surface area contributed by atoms with Gasteiger partial charge in [-0.05, 0) is 25.5 Å². The van der Waals surface area contributed by atoms with Crippen LogP contribution in [0.1, 0.15) is 31.4 Å². The van der Waals surface area contributed by atoms with Gasteiger partial charge in [0.1, 0.15) is 16.4 Å². The van der Waals surface area contributed by atoms with Crippen molar-refractivity contribution in [2.24, 2.45) is 0 Å². The lowest BCUT2D eigenvalue weighted by Crippen LogP contribution is -2.21. The van der Waals surface area contributed by atoms with Gasteiger partial charge in [0.25, 0.3) is 11.8 Å². The Balaban J connectivity index is 2.20. The van der Waals surface area contributed by atoms with E-state index in [2.05, 4.69) is 15.3 Å². The maximum Gasteiger partial charge on any atom is 0.276 e. The van der Waals surface area contributed by atoms with E-state index >= 15 is 0 Å². The lowest BCUT2D eigenvalue weighted by molar-refractivity contribution is 0.0831. The third-order valence-corrected chi connectivity index (χ3v) is 3.96. The zero-order valence-electron chi connectivity index (χ0n) is 12.6. The molecule has 0 aromatic carbocycles. The molecule has 2 rings (SSSR count). The number of pyridine rings is 1. The van der Waals surface area contributed by atoms with E-state index in [1.807, 2.05) is 0 Å². The van der Waals surface area contributed by atoms with Gasteiger partial charge in [-0.2, -0.15) is 0 Å². The molecule has 0 unspecified atom stereocenters. The van der Waals surface area contributed by atoms with E-state index in [1.54, 1.807) is 27.9 Å². The molecule has 1 N–H and O–H groups in total. The van der Waals surface area contributed by atoms with E-state index in [0.717, 1.165) is 17.5 Å². The van der Waals surface area contributed by atoms with Crippen molar-refractivity contribution in [3.05, 3.63) is 39.9 Å². The quantitative estimate of drug-likeness (QED) is 0.940. The maximum atomic E-state index is 13.2. The Hall–Kier alpha value is -2.35. The summed E-state index contributed by atoms with van der Waals surface area (Å²) in [5.41, 5.74) is 0.966. The Morgan fingerprint density at radius 2 is 2.00 bits per heavy atom. The van der Waals surface area contributed by atoms with Crippen LogP contribution >= 0.6 is 11.3 Å². The van der Waals surface area contributed by atoms with E-state index < -0.39 is 11.7 Å². The Kier molecular flexibility index (Phi) is 4.51. The molecule has 0 radical (unpaired) electrons. The van der Waals surface area contributed by atoms with Crippen molar-refractivity contribution < 1.29 is 14.0 Å². The van der Waals surface area contributed by atoms with Gasteiger partial charge in [0.2, 0.25) is 0 Å². The number of carbonyl (C=O) groups is 2. The topological polar surface area (TPSA) is 75.2 Å². The Bertz CT molecular complexity index is 742. The van der Waals surface area contributed by atoms with Gasteiger partial charge >= 0.3 is 0 Å². The summed E-state index contributed by atoms with van der Waals surface area (Å²) in [6.45, 7) is 3.25. The summed E-state index contributed by atoms with van der Waals surface area (Å²) in [6, 6.07) is 1.36. The lowest BCUT2D eigenvalue weighted by Gasteiger charge is -2.07. The molecule has 22 heavy (non-hydrogen) atoms. The number of anilines is 1. The van der Waals surface area contributed by atoms with Crippen LogP contribution in [0.15, 0.2) is 12.3 Å². The minimum atomic E-state index is -0.499. The first-order chi connectivity index (χ1) is 10.3. The number of nitrogens with zero attached hydrogens (tertiary/aromatic N) is 3. The zero-order valence-corrected chi connectivity index (χ0v) is 13.4. The predicted octanol–water partition coefficient (Wildman–Crippen LogP) is 2.25. The molecular weight excluding hydrogens is 307 g/mol. The van der Waals surface area contributed by atoms with Gasteiger partial charge in [-0.15, -0.1) is 0 Å². The number of aryl methyl sites for hydroxylation is 2. The highest BCUT2D eigenvalue weighted by Crippen LogP contribution is 2.24. The van der Waals surface area contributed by atoms with Crippen LogP contribution in [0.25, 0.3) is 0 Å². The molecule has 2 heterocycles. The van der Waals surface area contributed by atoms with Crippen molar-refractivity contribution in [3.63, 3.8) is 0 Å². The maximum absolute atomic E-state index is 13.2. The number of aromatic nitrogens is 2. The van der Waals surface area contributed by atoms with E-state index in [1.165, 1.54) is 11.0 Å². The van der Waals surface area contributed by atoms with Crippen LogP contribution in [0, 0.1) is 19.7 Å². The molecule has 0 saturated carbocycles. The number of hydrogen-bond donors (Lipinski definition) is 1. The molecule has 2 amide bonds. The Labute approximate surface area is 131 Å². The number of thiazole rings is 1. The average molecular weight is 322 g/mol. The van der Waals surface area contributed by atoms with E-state index in [0.29, 0.717) is 21.3 Å². The summed E-state index contributed by atoms with van der Waals surface area (Å²) in [5, 5.41) is 2.87. The van der Waals surface area contributed by atoms with Gasteiger partial charge in [0, 0.05) is 14.1 Å². The standard InChI is InChI=1S/C14H15FN4O2S/c1-7-5-10(16-6-9(7)15)12(20)18-14-17-8(2)11(22-14)13(21)19(3)4/h5-6H,1-4H3,(H,17,18,20). The molecule has 116 valence electrons. The molecule has 6 nitrogen and oxygen atoms in total. The molecule has 0 aliphatic rings. The number of hydrogen-bond acceptors (Lipinski definition) is 5. The Morgan fingerprint density at radius 1 is 1.32 bits per heavy atom. The normalized spacial score (nSPS) is 10.4. The molecule has 2 aromatic heterocycles. The number of carbonyl (C=O) groups excluding carboxylic acids is 2. The minimum Gasteiger partial charge on any atom is -0.344 e. The predicted molar refractivity (Wildman–Crippen MR) is 81.8 cm³/mol. The van der Waals surface area contributed by atoms with E-state index in [4.69, 9.17) is 0 Å². The molecule has 0 atom stereocenters. The number of nitrogens with one attached hydrogen (secondary N) is 1. The van der Waals surface area contributed by atoms with Crippen molar-refractivity contribution in [1.29, 1.82) is 0 Å². The Morgan fingerprint density at radius 3 is 2.59 bits per heavy atom. The molecule has 8 heteroatoms. The van der Waals surface area contributed by atoms with Crippen molar-refractivity contribution >= 4 is 28.3 Å². The van der Waals surface area contributed by atoms with Crippen molar-refractivity contribution in [2.45, 2.75) is 13.8 Å². The van der Waals surface area contributed by atoms with E-state index in [-0.39, 0.29) is 11.6 Å². The summed E-state index contributed by atoms with van der Waals surface area (Å²) in [4.78, 5) is 33.8. The van der Waals surface area contributed by atoms with E-state index in [9.17, 15) is 14.0 Å². The third-order valence-electron chi connectivity index (χ3n) is 2.90. The highest BCUT2D eigenvalue weighted by molar-refractivity contribution is 7.17. The molecule has 0 saturated heterocycles. The second-order valence-electron chi connectivity index (χ2n) is 4.91. The van der Waals surface area contributed by atoms with Crippen LogP contribution in [0.3, 0.4) is 0 Å². The summed E-state index contributed by atoms with van der Waals surface area (Å²) < 4.78 is 13.2. The second-order valence-corrected chi connectivity index (χ2v) is 5.91. The smallest absolute Gasteiger partial charge is 0.276 e. The van der Waals surface area contributed by atoms with Gasteiger partial charge in [-0.3, -0.25) is 14.9 Å². The summed E-state index contributed by atoms with van der Waals surface area (Å²) in [7, 11) is 3.29. The van der Waals surface area contributed by atoms with Crippen molar-refractivity contribution in [3.8, 4) is 0 Å². The van der Waals surface area contributed by atoms with Crippen LogP contribution in [0.2, 0.25) is 0 Å². The zero-order chi connectivity index (χ0) is 16.4. The second kappa shape index (κ2) is 6.18. The highest BCUT2D eigenvalue weighted by Gasteiger charge is 2.19. The van der Waals surface area contributed by atoms with Gasteiger partial charge in [0.05, 0.1) is 11.9 Å². The SMILES string of the molecule is Cc1cc(C(=O)Nc2nc(C)c(C(=O)N(C)C)s2)ncc1F. The lowest BCUT2D eigenvalue weighted by atomic mass is 10.2. The molecular formula is C14H15FN4O2S. The monoisotopic (exact) mass is 322 g/mol. The molecule has 0 bridgehead atoms. The molecule has 2 aromatic rings. The van der Waals surface area contributed by atoms with Crippen LogP contribution in [-0.4, -0.2) is 40.8 Å². The van der Waals surface area contributed by atoms with Gasteiger partial charge in [-0.25, -0.2) is 14.4 Å². The van der Waals surface area contributed by atoms with Crippen LogP contribution in [-0.2, 0) is 0 Å². The van der Waals surface area contributed by atoms with Crippen LogP contribution < -0.4 is 5.32 Å². The minimum absolute atomic E-state index is 0.0900. The first-order valence-corrected chi connectivity index (χ1v) is 7.24. The summed E-state index contributed by atoms with van der Waals surface area (Å²) in [6.07, 6.45) is 0.998. The van der Waals surface area contributed by atoms with Gasteiger partial charge < -0.3 is 4.90 Å². The average Bonchev–Trinajstić information content (AvgIpc) is 2.81. The number of halogens is 1. The fourth-order valence-electron chi connectivity index (χ4n) is 1.68. The van der Waals surface area contributed by atoms with Gasteiger partial charge in [-0.1, -0.05) is 11.3 Å². The largest absolute Gasteiger partial charge is 0.344 e. The molecule has 0 fully saturated rings. The van der Waals surface area contributed by atoms with Gasteiger partial charge in [0.15, 0.2) is 5.13 Å². The fraction of sp³-hybridized carbons (Fsp3) is 0.286. The number of amides is 2. The van der Waals surface area contributed by atoms with Crippen molar-refractivity contribution in [2.75, 3.05) is 19.4 Å². The third kappa shape index (κ3) is 3.28. The van der Waals surface area contributed by atoms with Crippen LogP contribution in [0.5, 0.6) is 0 Å². The van der Waals surface area contributed by atoms with Crippen LogP contribution in [0.4, 0.5) is 9.52 Å².